The smallest absolute Gasteiger partial charge is 0.164 e. The normalized spacial score (nSPS) is 11.0. The molecule has 0 spiro atoms. The summed E-state index contributed by atoms with van der Waals surface area (Å²) in [5, 5.41) is 0. The van der Waals surface area contributed by atoms with Crippen LogP contribution in [0.3, 0.4) is 0 Å². The minimum absolute atomic E-state index is 0.606. The Bertz CT molecular complexity index is 2250. The van der Waals surface area contributed by atoms with E-state index in [9.17, 15) is 0 Å². The predicted octanol–water partition coefficient (Wildman–Crippen LogP) is 10.6. The first-order valence-corrected chi connectivity index (χ1v) is 16.2. The Labute approximate surface area is 285 Å². The summed E-state index contributed by atoms with van der Waals surface area (Å²) < 4.78 is 0. The minimum Gasteiger partial charge on any atom is -0.254 e. The van der Waals surface area contributed by atoms with Crippen LogP contribution in [0.2, 0.25) is 0 Å². The number of benzene rings is 5. The number of aromatic nitrogens is 5. The average Bonchev–Trinajstić information content (AvgIpc) is 3.19. The third-order valence-electron chi connectivity index (χ3n) is 8.50. The fourth-order valence-corrected chi connectivity index (χ4v) is 5.89. The SMILES string of the molecule is Cc1cccc(-c2ccc(-c3cccc(-c4nc(-c5ccc(-c6ccccc6)cc5)nc(-c5ccc(-c6ccccc6)cc5)n4)c3)cn2)n1. The van der Waals surface area contributed by atoms with Crippen LogP contribution < -0.4 is 0 Å². The Kier molecular flexibility index (Phi) is 8.06. The molecule has 5 aromatic carbocycles. The topological polar surface area (TPSA) is 64.5 Å². The maximum atomic E-state index is 5.02. The first kappa shape index (κ1) is 29.8. The lowest BCUT2D eigenvalue weighted by Gasteiger charge is -2.11. The zero-order valence-corrected chi connectivity index (χ0v) is 26.9. The lowest BCUT2D eigenvalue weighted by atomic mass is 10.0. The van der Waals surface area contributed by atoms with E-state index in [2.05, 4.69) is 120 Å². The molecule has 0 atom stereocenters. The molecule has 3 heterocycles. The first-order valence-electron chi connectivity index (χ1n) is 16.2. The van der Waals surface area contributed by atoms with Crippen LogP contribution in [0.15, 0.2) is 170 Å². The van der Waals surface area contributed by atoms with Gasteiger partial charge in [-0.05, 0) is 59.0 Å². The van der Waals surface area contributed by atoms with E-state index in [1.807, 2.05) is 61.7 Å². The number of hydrogen-bond donors (Lipinski definition) is 0. The second kappa shape index (κ2) is 13.3. The fourth-order valence-electron chi connectivity index (χ4n) is 5.89. The molecule has 8 aromatic rings. The van der Waals surface area contributed by atoms with Crippen LogP contribution in [-0.2, 0) is 0 Å². The molecule has 0 saturated carbocycles. The van der Waals surface area contributed by atoms with Gasteiger partial charge in [-0.25, -0.2) is 15.0 Å². The Morgan fingerprint density at radius 3 is 1.29 bits per heavy atom. The van der Waals surface area contributed by atoms with E-state index < -0.39 is 0 Å². The second-order valence-electron chi connectivity index (χ2n) is 11.9. The van der Waals surface area contributed by atoms with E-state index in [0.29, 0.717) is 17.5 Å². The molecule has 0 aliphatic carbocycles. The Balaban J connectivity index is 1.17. The fraction of sp³-hybridized carbons (Fsp3) is 0.0227. The first-order chi connectivity index (χ1) is 24.2. The quantitative estimate of drug-likeness (QED) is 0.175. The molecule has 3 aromatic heterocycles. The molecule has 5 heteroatoms. The second-order valence-corrected chi connectivity index (χ2v) is 11.9. The van der Waals surface area contributed by atoms with Crippen LogP contribution in [0.25, 0.3) is 78.9 Å². The van der Waals surface area contributed by atoms with E-state index in [1.165, 1.54) is 11.1 Å². The molecule has 5 nitrogen and oxygen atoms in total. The van der Waals surface area contributed by atoms with Crippen molar-refractivity contribution in [2.45, 2.75) is 6.92 Å². The van der Waals surface area contributed by atoms with Crippen molar-refractivity contribution >= 4 is 0 Å². The summed E-state index contributed by atoms with van der Waals surface area (Å²) in [6.45, 7) is 1.99. The molecule has 0 aliphatic rings. The van der Waals surface area contributed by atoms with Gasteiger partial charge in [-0.1, -0.05) is 140 Å². The highest BCUT2D eigenvalue weighted by Gasteiger charge is 2.14. The zero-order valence-electron chi connectivity index (χ0n) is 26.9. The van der Waals surface area contributed by atoms with Crippen molar-refractivity contribution in [1.82, 2.24) is 24.9 Å². The maximum Gasteiger partial charge on any atom is 0.164 e. The van der Waals surface area contributed by atoms with Crippen molar-refractivity contribution in [1.29, 1.82) is 0 Å². The molecule has 0 N–H and O–H groups in total. The number of aryl methyl sites for hydroxylation is 1. The van der Waals surface area contributed by atoms with Crippen molar-refractivity contribution in [2.75, 3.05) is 0 Å². The van der Waals surface area contributed by atoms with E-state index in [0.717, 1.165) is 56.0 Å². The van der Waals surface area contributed by atoms with Crippen LogP contribution >= 0.6 is 0 Å². The van der Waals surface area contributed by atoms with Crippen molar-refractivity contribution in [3.8, 4) is 78.9 Å². The van der Waals surface area contributed by atoms with Gasteiger partial charge >= 0.3 is 0 Å². The van der Waals surface area contributed by atoms with E-state index >= 15 is 0 Å². The molecule has 0 aliphatic heterocycles. The summed E-state index contributed by atoms with van der Waals surface area (Å²) in [5.74, 6) is 1.84. The summed E-state index contributed by atoms with van der Waals surface area (Å²) >= 11 is 0. The maximum absolute atomic E-state index is 5.02. The third-order valence-corrected chi connectivity index (χ3v) is 8.50. The highest BCUT2D eigenvalue weighted by atomic mass is 15.0. The van der Waals surface area contributed by atoms with E-state index in [4.69, 9.17) is 19.9 Å². The number of nitrogens with zero attached hydrogens (tertiary/aromatic N) is 5. The molecule has 49 heavy (non-hydrogen) atoms. The molecule has 0 fully saturated rings. The Morgan fingerprint density at radius 2 is 0.755 bits per heavy atom. The lowest BCUT2D eigenvalue weighted by molar-refractivity contribution is 1.07. The highest BCUT2D eigenvalue weighted by Crippen LogP contribution is 2.31. The molecule has 0 amide bonds. The van der Waals surface area contributed by atoms with Crippen LogP contribution in [0.5, 0.6) is 0 Å². The summed E-state index contributed by atoms with van der Waals surface area (Å²) in [6, 6.07) is 55.9. The number of hydrogen-bond acceptors (Lipinski definition) is 5. The molecule has 0 radical (unpaired) electrons. The van der Waals surface area contributed by atoms with Gasteiger partial charge in [0.1, 0.15) is 0 Å². The van der Waals surface area contributed by atoms with Crippen molar-refractivity contribution in [2.24, 2.45) is 0 Å². The molecule has 0 unspecified atom stereocenters. The largest absolute Gasteiger partial charge is 0.254 e. The van der Waals surface area contributed by atoms with Gasteiger partial charge in [-0.15, -0.1) is 0 Å². The van der Waals surface area contributed by atoms with Gasteiger partial charge < -0.3 is 0 Å². The molecular weight excluding hydrogens is 599 g/mol. The third kappa shape index (κ3) is 6.51. The molecule has 0 saturated heterocycles. The van der Waals surface area contributed by atoms with Crippen LogP contribution in [-0.4, -0.2) is 24.9 Å². The molecule has 232 valence electrons. The monoisotopic (exact) mass is 629 g/mol. The molecular formula is C44H31N5. The summed E-state index contributed by atoms with van der Waals surface area (Å²) in [5.41, 5.74) is 12.0. The molecule has 0 bridgehead atoms. The zero-order chi connectivity index (χ0) is 33.0. The van der Waals surface area contributed by atoms with Gasteiger partial charge in [0.15, 0.2) is 17.5 Å². The van der Waals surface area contributed by atoms with Gasteiger partial charge in [0.05, 0.1) is 11.4 Å². The van der Waals surface area contributed by atoms with Gasteiger partial charge in [-0.3, -0.25) is 9.97 Å². The van der Waals surface area contributed by atoms with Crippen LogP contribution in [0.4, 0.5) is 0 Å². The van der Waals surface area contributed by atoms with E-state index in [-0.39, 0.29) is 0 Å². The van der Waals surface area contributed by atoms with Crippen LogP contribution in [0, 0.1) is 6.92 Å². The summed E-state index contributed by atoms with van der Waals surface area (Å²) in [7, 11) is 0. The van der Waals surface area contributed by atoms with Crippen molar-refractivity contribution in [3.63, 3.8) is 0 Å². The Hall–Kier alpha value is -6.59. The average molecular weight is 630 g/mol. The predicted molar refractivity (Wildman–Crippen MR) is 198 cm³/mol. The minimum atomic E-state index is 0.606. The number of rotatable bonds is 7. The highest BCUT2D eigenvalue weighted by molar-refractivity contribution is 5.75. The standard InChI is InChI=1S/C44H31N5/c1-30-10-8-17-41(46-30)40-27-26-39(29-45-40)37-15-9-16-38(28-37)44-48-42(35-22-18-33(19-23-35)31-11-4-2-5-12-31)47-43(49-44)36-24-20-34(21-25-36)32-13-6-3-7-14-32/h2-29H,1H3. The lowest BCUT2D eigenvalue weighted by Crippen LogP contribution is -2.00. The van der Waals surface area contributed by atoms with E-state index in [1.54, 1.807) is 0 Å². The molecule has 8 rings (SSSR count). The summed E-state index contributed by atoms with van der Waals surface area (Å²) in [4.78, 5) is 24.4. The van der Waals surface area contributed by atoms with Crippen LogP contribution in [0.1, 0.15) is 5.69 Å². The summed E-state index contributed by atoms with van der Waals surface area (Å²) in [6.07, 6.45) is 1.89. The van der Waals surface area contributed by atoms with Gasteiger partial charge in [0, 0.05) is 34.1 Å². The van der Waals surface area contributed by atoms with Gasteiger partial charge in [0.25, 0.3) is 0 Å². The van der Waals surface area contributed by atoms with Gasteiger partial charge in [-0.2, -0.15) is 0 Å². The van der Waals surface area contributed by atoms with Crippen molar-refractivity contribution in [3.05, 3.63) is 176 Å². The van der Waals surface area contributed by atoms with Gasteiger partial charge in [0.2, 0.25) is 0 Å². The number of pyridine rings is 2. The van der Waals surface area contributed by atoms with Crippen molar-refractivity contribution < 1.29 is 0 Å². The Morgan fingerprint density at radius 1 is 0.306 bits per heavy atom.